The largest absolute Gasteiger partial charge is 0.336 e. The number of benzene rings is 3. The second kappa shape index (κ2) is 6.71. The third-order valence-corrected chi connectivity index (χ3v) is 5.52. The average molecular weight is 386 g/mol. The van der Waals surface area contributed by atoms with E-state index in [4.69, 9.17) is 4.98 Å². The Morgan fingerprint density at radius 2 is 1.30 bits per heavy atom. The van der Waals surface area contributed by atoms with Crippen molar-refractivity contribution < 1.29 is 9.13 Å². The van der Waals surface area contributed by atoms with E-state index in [1.54, 1.807) is 0 Å². The van der Waals surface area contributed by atoms with Crippen LogP contribution < -0.4 is 9.13 Å². The minimum Gasteiger partial charge on any atom is -0.249 e. The lowest BCUT2D eigenvalue weighted by Gasteiger charge is -2.06. The van der Waals surface area contributed by atoms with Gasteiger partial charge in [0.05, 0.1) is 17.0 Å². The van der Waals surface area contributed by atoms with E-state index in [0.29, 0.717) is 0 Å². The first kappa shape index (κ1) is 16.7. The number of hydrogen-bond donors (Lipinski definition) is 0. The molecule has 0 aliphatic heterocycles. The number of para-hydroxylation sites is 3. The second-order valence-corrected chi connectivity index (χ2v) is 7.24. The van der Waals surface area contributed by atoms with Crippen molar-refractivity contribution >= 4 is 32.7 Å². The zero-order chi connectivity index (χ0) is 19.9. The maximum absolute atomic E-state index is 4.92. The summed E-state index contributed by atoms with van der Waals surface area (Å²) in [7, 11) is 0. The van der Waals surface area contributed by atoms with Crippen LogP contribution in [0.1, 0.15) is 0 Å². The average Bonchev–Trinajstić information content (AvgIpc) is 2.83. The summed E-state index contributed by atoms with van der Waals surface area (Å²) >= 11 is 0. The molecule has 6 rings (SSSR count). The highest BCUT2D eigenvalue weighted by Gasteiger charge is 2.24. The van der Waals surface area contributed by atoms with Gasteiger partial charge < -0.3 is 0 Å². The summed E-state index contributed by atoms with van der Waals surface area (Å²) < 4.78 is 4.33. The Morgan fingerprint density at radius 1 is 0.567 bits per heavy atom. The van der Waals surface area contributed by atoms with E-state index >= 15 is 0 Å². The second-order valence-electron chi connectivity index (χ2n) is 7.24. The number of nitrogens with zero attached hydrogens (tertiary/aromatic N) is 4. The first-order valence-electron chi connectivity index (χ1n) is 9.93. The Balaban J connectivity index is 1.67. The zero-order valence-corrected chi connectivity index (χ0v) is 16.2. The van der Waals surface area contributed by atoms with Gasteiger partial charge in [0.1, 0.15) is 11.7 Å². The van der Waals surface area contributed by atoms with Crippen LogP contribution >= 0.6 is 0 Å². The summed E-state index contributed by atoms with van der Waals surface area (Å²) in [6.07, 6.45) is 7.86. The molecule has 0 aliphatic carbocycles. The van der Waals surface area contributed by atoms with Gasteiger partial charge in [-0.25, -0.2) is 4.98 Å². The quantitative estimate of drug-likeness (QED) is 0.411. The molecule has 0 unspecified atom stereocenters. The fourth-order valence-corrected chi connectivity index (χ4v) is 4.14. The van der Waals surface area contributed by atoms with Gasteiger partial charge in [0.25, 0.3) is 5.69 Å². The van der Waals surface area contributed by atoms with Gasteiger partial charge in [-0.2, -0.15) is 9.13 Å². The molecule has 0 atom stereocenters. The fraction of sp³-hybridized carbons (Fsp3) is 0. The predicted molar refractivity (Wildman–Crippen MR) is 118 cm³/mol. The molecule has 0 aliphatic rings. The van der Waals surface area contributed by atoms with Crippen molar-refractivity contribution in [3.63, 3.8) is 0 Å². The molecule has 140 valence electrons. The van der Waals surface area contributed by atoms with Crippen LogP contribution in [-0.2, 0) is 0 Å². The molecule has 0 bridgehead atoms. The summed E-state index contributed by atoms with van der Waals surface area (Å²) in [6, 6.07) is 29.2. The summed E-state index contributed by atoms with van der Waals surface area (Å²) in [5.74, 6) is 0.897. The van der Waals surface area contributed by atoms with Gasteiger partial charge in [0, 0.05) is 17.5 Å². The minimum absolute atomic E-state index is 0.897. The zero-order valence-electron chi connectivity index (χ0n) is 16.2. The summed E-state index contributed by atoms with van der Waals surface area (Å²) in [5.41, 5.74) is 4.19. The molecule has 0 radical (unpaired) electrons. The lowest BCUT2D eigenvalue weighted by molar-refractivity contribution is -0.572. The molecular formula is C26H18N4+2. The van der Waals surface area contributed by atoms with E-state index in [0.717, 1.165) is 38.8 Å². The maximum atomic E-state index is 4.92. The molecular weight excluding hydrogens is 368 g/mol. The lowest BCUT2D eigenvalue weighted by Crippen LogP contribution is -2.35. The van der Waals surface area contributed by atoms with E-state index in [1.807, 2.05) is 36.8 Å². The molecule has 30 heavy (non-hydrogen) atoms. The molecule has 3 heterocycles. The van der Waals surface area contributed by atoms with Crippen LogP contribution in [-0.4, -0.2) is 9.97 Å². The Morgan fingerprint density at radius 3 is 2.23 bits per heavy atom. The molecule has 6 aromatic rings. The molecule has 4 nitrogen and oxygen atoms in total. The van der Waals surface area contributed by atoms with E-state index in [-0.39, 0.29) is 0 Å². The van der Waals surface area contributed by atoms with Crippen molar-refractivity contribution in [2.45, 2.75) is 0 Å². The first-order chi connectivity index (χ1) is 14.9. The van der Waals surface area contributed by atoms with E-state index in [1.165, 1.54) is 5.39 Å². The van der Waals surface area contributed by atoms with E-state index in [9.17, 15) is 0 Å². The van der Waals surface area contributed by atoms with Crippen LogP contribution in [0.4, 0.5) is 0 Å². The Kier molecular flexibility index (Phi) is 3.74. The van der Waals surface area contributed by atoms with Crippen molar-refractivity contribution in [2.75, 3.05) is 0 Å². The first-order valence-corrected chi connectivity index (χ1v) is 9.93. The number of hydrogen-bond acceptors (Lipinski definition) is 2. The SMILES string of the molecule is c1ccc2c(c1)ccc[n+]2-c1cnc(-[n+]2ccnc3ccccc32)c2ccccc12. The van der Waals surface area contributed by atoms with Gasteiger partial charge >= 0.3 is 5.82 Å². The van der Waals surface area contributed by atoms with E-state index < -0.39 is 0 Å². The maximum Gasteiger partial charge on any atom is 0.336 e. The van der Waals surface area contributed by atoms with Crippen LogP contribution in [0.3, 0.4) is 0 Å². The number of pyridine rings is 2. The van der Waals surface area contributed by atoms with Crippen molar-refractivity contribution in [1.82, 2.24) is 9.97 Å². The third-order valence-electron chi connectivity index (χ3n) is 5.52. The molecule has 0 spiro atoms. The van der Waals surface area contributed by atoms with Crippen LogP contribution in [0.5, 0.6) is 0 Å². The Bertz CT molecular complexity index is 1430. The van der Waals surface area contributed by atoms with Crippen molar-refractivity contribution in [2.24, 2.45) is 0 Å². The fourth-order valence-electron chi connectivity index (χ4n) is 4.14. The number of rotatable bonds is 2. The van der Waals surface area contributed by atoms with Crippen LogP contribution in [0.25, 0.3) is 44.2 Å². The summed E-state index contributed by atoms with van der Waals surface area (Å²) in [4.78, 5) is 9.42. The van der Waals surface area contributed by atoms with Gasteiger partial charge in [0.2, 0.25) is 11.7 Å². The standard InChI is InChI=1S/C26H18N4/c1-5-13-23-19(8-1)9-7-16-29(23)25-18-28-26(21-11-3-2-10-20(21)25)30-17-15-27-22-12-4-6-14-24(22)30/h1-18H/q+2. The van der Waals surface area contributed by atoms with Gasteiger partial charge in [0.15, 0.2) is 11.7 Å². The van der Waals surface area contributed by atoms with Crippen molar-refractivity contribution in [1.29, 1.82) is 0 Å². The Hall–Kier alpha value is -4.18. The molecule has 0 saturated carbocycles. The minimum atomic E-state index is 0.897. The molecule has 4 heteroatoms. The van der Waals surface area contributed by atoms with Crippen LogP contribution in [0.2, 0.25) is 0 Å². The van der Waals surface area contributed by atoms with Gasteiger partial charge in [-0.3, -0.25) is 0 Å². The van der Waals surface area contributed by atoms with E-state index in [2.05, 4.69) is 87.0 Å². The molecule has 0 N–H and O–H groups in total. The predicted octanol–water partition coefficient (Wildman–Crippen LogP) is 4.49. The number of fused-ring (bicyclic) bond motifs is 3. The molecule has 3 aromatic heterocycles. The summed E-state index contributed by atoms with van der Waals surface area (Å²) in [5, 5.41) is 3.44. The number of aromatic nitrogens is 4. The van der Waals surface area contributed by atoms with Gasteiger partial charge in [-0.15, -0.1) is 0 Å². The summed E-state index contributed by atoms with van der Waals surface area (Å²) in [6.45, 7) is 0. The van der Waals surface area contributed by atoms with Crippen molar-refractivity contribution in [3.05, 3.63) is 110 Å². The smallest absolute Gasteiger partial charge is 0.249 e. The van der Waals surface area contributed by atoms with Crippen molar-refractivity contribution in [3.8, 4) is 11.5 Å². The van der Waals surface area contributed by atoms with Crippen LogP contribution in [0, 0.1) is 0 Å². The molecule has 0 fully saturated rings. The highest BCUT2D eigenvalue weighted by atomic mass is 15.1. The highest BCUT2D eigenvalue weighted by Crippen LogP contribution is 2.23. The highest BCUT2D eigenvalue weighted by molar-refractivity contribution is 5.92. The third kappa shape index (κ3) is 2.54. The molecule has 3 aromatic carbocycles. The van der Waals surface area contributed by atoms with Gasteiger partial charge in [-0.1, -0.05) is 36.4 Å². The van der Waals surface area contributed by atoms with Crippen LogP contribution in [0.15, 0.2) is 110 Å². The lowest BCUT2D eigenvalue weighted by atomic mass is 10.1. The monoisotopic (exact) mass is 386 g/mol. The topological polar surface area (TPSA) is 33.5 Å². The Labute approximate surface area is 173 Å². The van der Waals surface area contributed by atoms with Gasteiger partial charge in [-0.05, 0) is 41.4 Å². The molecule has 0 saturated heterocycles. The normalized spacial score (nSPS) is 11.3. The molecule has 0 amide bonds.